The molecule has 0 aromatic carbocycles. The van der Waals surface area contributed by atoms with Gasteiger partial charge in [0.1, 0.15) is 0 Å². The first kappa shape index (κ1) is 26.0. The minimum atomic E-state index is -2.67. The van der Waals surface area contributed by atoms with E-state index >= 15 is 0 Å². The van der Waals surface area contributed by atoms with E-state index in [1.807, 2.05) is 0 Å². The molecule has 0 aromatic rings. The number of rotatable bonds is 17. The third-order valence-corrected chi connectivity index (χ3v) is 6.45. The van der Waals surface area contributed by atoms with Crippen molar-refractivity contribution in [3.63, 3.8) is 0 Å². The van der Waals surface area contributed by atoms with Crippen molar-refractivity contribution in [2.24, 2.45) is 0 Å². The Morgan fingerprint density at radius 3 is 2.04 bits per heavy atom. The molecule has 0 spiro atoms. The van der Waals surface area contributed by atoms with E-state index in [0.29, 0.717) is 12.5 Å². The summed E-state index contributed by atoms with van der Waals surface area (Å²) in [5.41, 5.74) is 0. The highest BCUT2D eigenvalue weighted by molar-refractivity contribution is 7.64. The van der Waals surface area contributed by atoms with Gasteiger partial charge in [-0.1, -0.05) is 63.3 Å². The molecule has 0 saturated heterocycles. The maximum Gasteiger partial charge on any atom is 0.344 e. The van der Waals surface area contributed by atoms with E-state index in [-0.39, 0.29) is 12.6 Å². The quantitative estimate of drug-likeness (QED) is 0.0751. The average molecular weight is 442 g/mol. The van der Waals surface area contributed by atoms with Crippen molar-refractivity contribution in [1.29, 1.82) is 0 Å². The van der Waals surface area contributed by atoms with Gasteiger partial charge in [0.25, 0.3) is 0 Å². The lowest BCUT2D eigenvalue weighted by molar-refractivity contribution is -0.143. The van der Waals surface area contributed by atoms with Crippen LogP contribution in [0, 0.1) is 0 Å². The van der Waals surface area contributed by atoms with Crippen molar-refractivity contribution in [3.8, 4) is 0 Å². The summed E-state index contributed by atoms with van der Waals surface area (Å²) in [5.74, 6) is -0.182. The molecule has 2 nitrogen and oxygen atoms in total. The van der Waals surface area contributed by atoms with Crippen LogP contribution < -0.4 is 0 Å². The van der Waals surface area contributed by atoms with E-state index in [2.05, 4.69) is 31.2 Å². The van der Waals surface area contributed by atoms with Gasteiger partial charge >= 0.3 is 12.0 Å². The van der Waals surface area contributed by atoms with Gasteiger partial charge in [-0.2, -0.15) is 0 Å². The largest absolute Gasteiger partial charge is 0.466 e. The molecule has 0 radical (unpaired) electrons. The number of halogens is 3. The van der Waals surface area contributed by atoms with Gasteiger partial charge < -0.3 is 4.74 Å². The van der Waals surface area contributed by atoms with Gasteiger partial charge in [0, 0.05) is 12.5 Å². The minimum Gasteiger partial charge on any atom is -0.466 e. The third-order valence-electron chi connectivity index (χ3n) is 3.98. The first-order valence-electron chi connectivity index (χ1n) is 9.98. The van der Waals surface area contributed by atoms with Crippen molar-refractivity contribution in [3.05, 3.63) is 24.3 Å². The van der Waals surface area contributed by atoms with Gasteiger partial charge in [-0.25, -0.2) is 0 Å². The Morgan fingerprint density at radius 1 is 0.846 bits per heavy atom. The topological polar surface area (TPSA) is 26.3 Å². The van der Waals surface area contributed by atoms with E-state index in [9.17, 15) is 4.79 Å². The smallest absolute Gasteiger partial charge is 0.344 e. The summed E-state index contributed by atoms with van der Waals surface area (Å²) in [7, 11) is 0. The Hall–Kier alpha value is 0.0369. The molecule has 0 aliphatic carbocycles. The van der Waals surface area contributed by atoms with Crippen molar-refractivity contribution < 1.29 is 9.53 Å². The number of carbonyl (C=O) groups excluding carboxylic acids is 1. The standard InChI is InChI=1S/C20H35Cl3O2Si/c1-2-3-4-5-6-7-8-9-10-11-12-13-14-15-16-17-20(24)25-18-19-26(21,22)23/h6-7,9-10H,2-5,8,11-19H2,1H3. The Morgan fingerprint density at radius 2 is 1.42 bits per heavy atom. The molecule has 0 N–H and O–H groups in total. The first-order valence-corrected chi connectivity index (χ1v) is 15.2. The molecule has 0 amide bonds. The fourth-order valence-corrected chi connectivity index (χ4v) is 3.46. The SMILES string of the molecule is CCCCCC=CCC=CCCCCCCCC(=O)OCC[Si](Cl)(Cl)Cl. The van der Waals surface area contributed by atoms with E-state index in [1.165, 1.54) is 44.9 Å². The summed E-state index contributed by atoms with van der Waals surface area (Å²) in [6, 6.07) is -2.30. The number of carbonyl (C=O) groups is 1. The molecule has 26 heavy (non-hydrogen) atoms. The Kier molecular flexibility index (Phi) is 18.4. The summed E-state index contributed by atoms with van der Waals surface area (Å²) in [6.07, 6.45) is 22.4. The lowest BCUT2D eigenvalue weighted by Crippen LogP contribution is -2.15. The highest BCUT2D eigenvalue weighted by atomic mass is 35.8. The minimum absolute atomic E-state index is 0.182. The Balaban J connectivity index is 3.33. The average Bonchev–Trinajstić information content (AvgIpc) is 2.57. The van der Waals surface area contributed by atoms with Crippen LogP contribution in [0.2, 0.25) is 6.04 Å². The molecule has 0 atom stereocenters. The maximum absolute atomic E-state index is 11.5. The van der Waals surface area contributed by atoms with Crippen LogP contribution in [0.5, 0.6) is 0 Å². The molecule has 0 aromatic heterocycles. The van der Waals surface area contributed by atoms with Gasteiger partial charge in [0.05, 0.1) is 6.61 Å². The highest BCUT2D eigenvalue weighted by Crippen LogP contribution is 2.24. The van der Waals surface area contributed by atoms with Crippen LogP contribution in [0.25, 0.3) is 0 Å². The zero-order valence-electron chi connectivity index (χ0n) is 16.2. The Labute approximate surface area is 175 Å². The van der Waals surface area contributed by atoms with Crippen LogP contribution in [0.3, 0.4) is 0 Å². The summed E-state index contributed by atoms with van der Waals surface area (Å²) in [4.78, 5) is 11.5. The fraction of sp³-hybridized carbons (Fsp3) is 0.750. The van der Waals surface area contributed by atoms with E-state index in [4.69, 9.17) is 38.0 Å². The van der Waals surface area contributed by atoms with Crippen LogP contribution >= 0.6 is 33.2 Å². The molecule has 0 saturated carbocycles. The van der Waals surface area contributed by atoms with E-state index in [0.717, 1.165) is 25.7 Å². The first-order chi connectivity index (χ1) is 12.5. The number of allylic oxidation sites excluding steroid dienone is 4. The monoisotopic (exact) mass is 440 g/mol. The molecular formula is C20H35Cl3O2Si. The van der Waals surface area contributed by atoms with Gasteiger partial charge in [-0.15, -0.1) is 33.2 Å². The number of unbranched alkanes of at least 4 members (excludes halogenated alkanes) is 8. The molecular weight excluding hydrogens is 407 g/mol. The van der Waals surface area contributed by atoms with E-state index < -0.39 is 6.00 Å². The number of hydrogen-bond acceptors (Lipinski definition) is 2. The highest BCUT2D eigenvalue weighted by Gasteiger charge is 2.24. The number of ether oxygens (including phenoxy) is 1. The predicted octanol–water partition coefficient (Wildman–Crippen LogP) is 8.00. The fourth-order valence-electron chi connectivity index (χ4n) is 2.43. The lowest BCUT2D eigenvalue weighted by atomic mass is 10.1. The zero-order chi connectivity index (χ0) is 19.5. The summed E-state index contributed by atoms with van der Waals surface area (Å²) in [5, 5.41) is 0. The van der Waals surface area contributed by atoms with Crippen molar-refractivity contribution >= 4 is 45.2 Å². The number of hydrogen-bond donors (Lipinski definition) is 0. The molecule has 0 aliphatic rings. The molecule has 0 rings (SSSR count). The van der Waals surface area contributed by atoms with Crippen molar-refractivity contribution in [2.75, 3.05) is 6.61 Å². The van der Waals surface area contributed by atoms with Gasteiger partial charge in [0.2, 0.25) is 0 Å². The van der Waals surface area contributed by atoms with Gasteiger partial charge in [-0.05, 0) is 38.5 Å². The number of esters is 1. The summed E-state index contributed by atoms with van der Waals surface area (Å²) >= 11 is 17.2. The predicted molar refractivity (Wildman–Crippen MR) is 118 cm³/mol. The third kappa shape index (κ3) is 22.1. The molecule has 0 fully saturated rings. The maximum atomic E-state index is 11.5. The zero-order valence-corrected chi connectivity index (χ0v) is 19.4. The van der Waals surface area contributed by atoms with E-state index in [1.54, 1.807) is 0 Å². The summed E-state index contributed by atoms with van der Waals surface area (Å²) in [6.45, 7) is 2.46. The normalized spacial score (nSPS) is 12.3. The van der Waals surface area contributed by atoms with Crippen LogP contribution in [-0.2, 0) is 9.53 Å². The van der Waals surface area contributed by atoms with Gasteiger partial charge in [-0.3, -0.25) is 4.79 Å². The second kappa shape index (κ2) is 18.4. The second-order valence-corrected chi connectivity index (χ2v) is 15.8. The Bertz CT molecular complexity index is 393. The van der Waals surface area contributed by atoms with Crippen LogP contribution in [0.1, 0.15) is 84.0 Å². The van der Waals surface area contributed by atoms with Crippen LogP contribution in [-0.4, -0.2) is 18.6 Å². The van der Waals surface area contributed by atoms with Crippen LogP contribution in [0.4, 0.5) is 0 Å². The lowest BCUT2D eigenvalue weighted by Gasteiger charge is -2.08. The molecule has 0 unspecified atom stereocenters. The molecule has 0 bridgehead atoms. The van der Waals surface area contributed by atoms with Crippen molar-refractivity contribution in [1.82, 2.24) is 0 Å². The second-order valence-electron chi connectivity index (χ2n) is 6.57. The molecule has 6 heteroatoms. The molecule has 152 valence electrons. The summed E-state index contributed by atoms with van der Waals surface area (Å²) < 4.78 is 5.06. The van der Waals surface area contributed by atoms with Gasteiger partial charge in [0.15, 0.2) is 0 Å². The van der Waals surface area contributed by atoms with Crippen LogP contribution in [0.15, 0.2) is 24.3 Å². The molecule has 0 heterocycles. The van der Waals surface area contributed by atoms with Crippen molar-refractivity contribution in [2.45, 2.75) is 90.0 Å². The molecule has 0 aliphatic heterocycles.